The summed E-state index contributed by atoms with van der Waals surface area (Å²) in [5, 5.41) is 19.0. The standard InChI is InChI=1S/C42H22N6/c43-23-24-15-17-26(18-16-24)37-38-33(12-7-21-44-38)45-42(46-37)48-35-14-6-4-11-29(35)32-22-31-28-10-3-5-13-34(28)47-39-27-9-2-1-8-25(27)19-20-30(39)36(40(31)47)41(32)48/h1-22H. The van der Waals surface area contributed by atoms with Gasteiger partial charge in [0.15, 0.2) is 0 Å². The number of nitrogens with zero attached hydrogens (tertiary/aromatic N) is 6. The normalized spacial score (nSPS) is 12.1. The van der Waals surface area contributed by atoms with Crippen LogP contribution in [0.5, 0.6) is 0 Å². The largest absolute Gasteiger partial charge is 0.307 e. The molecule has 0 aliphatic carbocycles. The molecule has 5 heterocycles. The first-order valence-corrected chi connectivity index (χ1v) is 15.9. The van der Waals surface area contributed by atoms with Crippen LogP contribution in [0, 0.1) is 11.3 Å². The fourth-order valence-corrected chi connectivity index (χ4v) is 7.92. The van der Waals surface area contributed by atoms with E-state index in [-0.39, 0.29) is 0 Å². The summed E-state index contributed by atoms with van der Waals surface area (Å²) in [7, 11) is 0. The van der Waals surface area contributed by atoms with E-state index in [0.29, 0.717) is 11.5 Å². The number of benzene rings is 6. The molecule has 6 nitrogen and oxygen atoms in total. The molecule has 0 atom stereocenters. The molecule has 0 fully saturated rings. The second kappa shape index (κ2) is 9.12. The lowest BCUT2D eigenvalue weighted by molar-refractivity contribution is 1.01. The molecule has 11 aromatic rings. The highest BCUT2D eigenvalue weighted by Crippen LogP contribution is 2.47. The van der Waals surface area contributed by atoms with Gasteiger partial charge in [-0.1, -0.05) is 84.9 Å². The van der Waals surface area contributed by atoms with Crippen molar-refractivity contribution in [3.05, 3.63) is 139 Å². The van der Waals surface area contributed by atoms with Gasteiger partial charge in [0.25, 0.3) is 0 Å². The minimum absolute atomic E-state index is 0.577. The summed E-state index contributed by atoms with van der Waals surface area (Å²) in [4.78, 5) is 15.2. The maximum Gasteiger partial charge on any atom is 0.235 e. The molecule has 5 aromatic heterocycles. The number of hydrogen-bond acceptors (Lipinski definition) is 4. The van der Waals surface area contributed by atoms with Crippen LogP contribution >= 0.6 is 0 Å². The zero-order chi connectivity index (χ0) is 31.5. The Morgan fingerprint density at radius 2 is 1.29 bits per heavy atom. The van der Waals surface area contributed by atoms with Crippen molar-refractivity contribution < 1.29 is 0 Å². The van der Waals surface area contributed by atoms with Crippen LogP contribution in [0.25, 0.3) is 98.9 Å². The molecule has 0 unspecified atom stereocenters. The Labute approximate surface area is 272 Å². The van der Waals surface area contributed by atoms with Crippen molar-refractivity contribution >= 4 is 81.7 Å². The lowest BCUT2D eigenvalue weighted by Crippen LogP contribution is -2.04. The van der Waals surface area contributed by atoms with Gasteiger partial charge in [-0.05, 0) is 47.9 Å². The molecule has 0 bridgehead atoms. The van der Waals surface area contributed by atoms with Gasteiger partial charge < -0.3 is 4.40 Å². The van der Waals surface area contributed by atoms with Crippen LogP contribution in [0.4, 0.5) is 0 Å². The second-order valence-corrected chi connectivity index (χ2v) is 12.4. The molecule has 0 aliphatic heterocycles. The van der Waals surface area contributed by atoms with Crippen molar-refractivity contribution in [2.24, 2.45) is 0 Å². The Morgan fingerprint density at radius 1 is 0.562 bits per heavy atom. The number of nitriles is 1. The second-order valence-electron chi connectivity index (χ2n) is 12.4. The van der Waals surface area contributed by atoms with Gasteiger partial charge in [-0.25, -0.2) is 9.97 Å². The van der Waals surface area contributed by atoms with Crippen LogP contribution in [-0.2, 0) is 0 Å². The predicted molar refractivity (Wildman–Crippen MR) is 194 cm³/mol. The quantitative estimate of drug-likeness (QED) is 0.195. The van der Waals surface area contributed by atoms with Crippen LogP contribution < -0.4 is 0 Å². The van der Waals surface area contributed by atoms with Gasteiger partial charge in [-0.15, -0.1) is 0 Å². The smallest absolute Gasteiger partial charge is 0.235 e. The maximum absolute atomic E-state index is 9.45. The van der Waals surface area contributed by atoms with Crippen molar-refractivity contribution in [3.8, 4) is 23.3 Å². The average Bonchev–Trinajstić information content (AvgIpc) is 3.79. The molecular weight excluding hydrogens is 589 g/mol. The molecule has 0 saturated carbocycles. The zero-order valence-corrected chi connectivity index (χ0v) is 25.4. The third-order valence-electron chi connectivity index (χ3n) is 9.91. The van der Waals surface area contributed by atoms with E-state index < -0.39 is 0 Å². The number of pyridine rings is 1. The van der Waals surface area contributed by atoms with Gasteiger partial charge in [0.2, 0.25) is 5.95 Å². The maximum atomic E-state index is 9.45. The third kappa shape index (κ3) is 3.17. The molecule has 48 heavy (non-hydrogen) atoms. The third-order valence-corrected chi connectivity index (χ3v) is 9.91. The number of hydrogen-bond donors (Lipinski definition) is 0. The lowest BCUT2D eigenvalue weighted by Gasteiger charge is -2.12. The predicted octanol–water partition coefficient (Wildman–Crippen LogP) is 9.96. The summed E-state index contributed by atoms with van der Waals surface area (Å²) in [6, 6.07) is 46.5. The van der Waals surface area contributed by atoms with Crippen LogP contribution in [0.15, 0.2) is 134 Å². The SMILES string of the molecule is N#Cc1ccc(-c2nc(-n3c4ccccc4c4cc5c6ccccc6n6c7c8ccccc8ccc7c(c43)c56)nc3cccnc23)cc1. The van der Waals surface area contributed by atoms with Crippen molar-refractivity contribution in [1.29, 1.82) is 5.26 Å². The zero-order valence-electron chi connectivity index (χ0n) is 25.4. The first-order chi connectivity index (χ1) is 23.8. The minimum atomic E-state index is 0.577. The summed E-state index contributed by atoms with van der Waals surface area (Å²) in [6.07, 6.45) is 1.77. The molecule has 11 rings (SSSR count). The molecule has 0 amide bonds. The van der Waals surface area contributed by atoms with Crippen LogP contribution in [0.1, 0.15) is 5.56 Å². The lowest BCUT2D eigenvalue weighted by atomic mass is 10.0. The molecule has 220 valence electrons. The van der Waals surface area contributed by atoms with E-state index in [1.54, 1.807) is 6.20 Å². The Bertz CT molecular complexity index is 3180. The monoisotopic (exact) mass is 610 g/mol. The van der Waals surface area contributed by atoms with Crippen molar-refractivity contribution in [3.63, 3.8) is 0 Å². The van der Waals surface area contributed by atoms with Gasteiger partial charge in [0, 0.05) is 49.5 Å². The molecule has 0 spiro atoms. The van der Waals surface area contributed by atoms with Crippen molar-refractivity contribution in [2.45, 2.75) is 0 Å². The van der Waals surface area contributed by atoms with E-state index in [1.807, 2.05) is 36.4 Å². The molecule has 6 aromatic carbocycles. The van der Waals surface area contributed by atoms with E-state index in [2.05, 4.69) is 106 Å². The number of aromatic nitrogens is 5. The van der Waals surface area contributed by atoms with Gasteiger partial charge in [-0.2, -0.15) is 5.26 Å². The van der Waals surface area contributed by atoms with Gasteiger partial charge in [0.1, 0.15) is 11.2 Å². The summed E-state index contributed by atoms with van der Waals surface area (Å²) in [6.45, 7) is 0. The van der Waals surface area contributed by atoms with Gasteiger partial charge >= 0.3 is 0 Å². The highest BCUT2D eigenvalue weighted by atomic mass is 15.2. The van der Waals surface area contributed by atoms with E-state index in [4.69, 9.17) is 15.0 Å². The summed E-state index contributed by atoms with van der Waals surface area (Å²) in [5.41, 5.74) is 9.40. The topological polar surface area (TPSA) is 71.8 Å². The Morgan fingerprint density at radius 3 is 2.12 bits per heavy atom. The Balaban J connectivity index is 1.38. The number of para-hydroxylation sites is 2. The summed E-state index contributed by atoms with van der Waals surface area (Å²) in [5.74, 6) is 0.577. The number of fused-ring (bicyclic) bond motifs is 13. The highest BCUT2D eigenvalue weighted by molar-refractivity contribution is 6.36. The fraction of sp³-hybridized carbons (Fsp3) is 0. The molecule has 0 N–H and O–H groups in total. The average molecular weight is 611 g/mol. The molecule has 6 heteroatoms. The van der Waals surface area contributed by atoms with Crippen molar-refractivity contribution in [1.82, 2.24) is 23.9 Å². The van der Waals surface area contributed by atoms with E-state index in [9.17, 15) is 5.26 Å². The van der Waals surface area contributed by atoms with Crippen LogP contribution in [-0.4, -0.2) is 23.9 Å². The Kier molecular flexibility index (Phi) is 4.82. The Hall–Kier alpha value is -6.84. The van der Waals surface area contributed by atoms with Crippen molar-refractivity contribution in [2.75, 3.05) is 0 Å². The van der Waals surface area contributed by atoms with E-state index in [1.165, 1.54) is 48.9 Å². The fourth-order valence-electron chi connectivity index (χ4n) is 7.92. The minimum Gasteiger partial charge on any atom is -0.307 e. The first-order valence-electron chi connectivity index (χ1n) is 15.9. The van der Waals surface area contributed by atoms with Crippen LogP contribution in [0.3, 0.4) is 0 Å². The first kappa shape index (κ1) is 25.4. The molecular formula is C42H22N6. The van der Waals surface area contributed by atoms with Gasteiger partial charge in [0.05, 0.1) is 44.7 Å². The highest BCUT2D eigenvalue weighted by Gasteiger charge is 2.26. The van der Waals surface area contributed by atoms with Gasteiger partial charge in [-0.3, -0.25) is 9.55 Å². The molecule has 0 radical (unpaired) electrons. The molecule has 0 saturated heterocycles. The summed E-state index contributed by atoms with van der Waals surface area (Å²) >= 11 is 0. The molecule has 0 aliphatic rings. The summed E-state index contributed by atoms with van der Waals surface area (Å²) < 4.78 is 4.71. The van der Waals surface area contributed by atoms with E-state index >= 15 is 0 Å². The number of rotatable bonds is 2. The van der Waals surface area contributed by atoms with Crippen LogP contribution in [0.2, 0.25) is 0 Å². The van der Waals surface area contributed by atoms with E-state index in [0.717, 1.165) is 44.1 Å².